The molecule has 1 fully saturated rings. The molecule has 98 valence electrons. The average Bonchev–Trinajstić information content (AvgIpc) is 2.58. The maximum atomic E-state index is 11.9. The first-order valence-corrected chi connectivity index (χ1v) is 6.20. The quantitative estimate of drug-likeness (QED) is 0.720. The van der Waals surface area contributed by atoms with Crippen LogP contribution in [0.1, 0.15) is 33.6 Å². The maximum Gasteiger partial charge on any atom is 0.225 e. The van der Waals surface area contributed by atoms with E-state index in [0.29, 0.717) is 25.9 Å². The van der Waals surface area contributed by atoms with Crippen molar-refractivity contribution in [3.63, 3.8) is 0 Å². The lowest BCUT2D eigenvalue weighted by Gasteiger charge is -2.18. The molecule has 3 atom stereocenters. The lowest BCUT2D eigenvalue weighted by molar-refractivity contribution is -0.129. The first kappa shape index (κ1) is 14.0. The molecule has 1 rings (SSSR count). The molecule has 0 saturated carbocycles. The molecule has 2 N–H and O–H groups in total. The average molecular weight is 242 g/mol. The number of rotatable bonds is 5. The smallest absolute Gasteiger partial charge is 0.225 e. The van der Waals surface area contributed by atoms with Crippen molar-refractivity contribution in [2.24, 2.45) is 5.92 Å². The summed E-state index contributed by atoms with van der Waals surface area (Å²) in [6.45, 7) is 6.64. The van der Waals surface area contributed by atoms with Gasteiger partial charge in [-0.25, -0.2) is 0 Å². The van der Waals surface area contributed by atoms with Crippen molar-refractivity contribution in [1.82, 2.24) is 10.2 Å². The number of hydrogen-bond acceptors (Lipinski definition) is 3. The van der Waals surface area contributed by atoms with Gasteiger partial charge in [0.25, 0.3) is 0 Å². The van der Waals surface area contributed by atoms with Crippen LogP contribution in [0.2, 0.25) is 0 Å². The third-order valence-corrected chi connectivity index (χ3v) is 3.05. The second-order valence-corrected chi connectivity index (χ2v) is 4.83. The molecule has 1 saturated heterocycles. The van der Waals surface area contributed by atoms with E-state index in [1.54, 1.807) is 11.8 Å². The Hall–Kier alpha value is -1.10. The first-order valence-electron chi connectivity index (χ1n) is 6.20. The van der Waals surface area contributed by atoms with Crippen LogP contribution in [0, 0.1) is 5.92 Å². The second-order valence-electron chi connectivity index (χ2n) is 4.83. The van der Waals surface area contributed by atoms with Crippen LogP contribution in [0.15, 0.2) is 0 Å². The zero-order valence-electron chi connectivity index (χ0n) is 10.8. The minimum Gasteiger partial charge on any atom is -0.393 e. The highest BCUT2D eigenvalue weighted by Gasteiger charge is 2.33. The van der Waals surface area contributed by atoms with Gasteiger partial charge in [-0.1, -0.05) is 0 Å². The van der Waals surface area contributed by atoms with Gasteiger partial charge in [0.2, 0.25) is 11.8 Å². The Kier molecular flexibility index (Phi) is 4.93. The van der Waals surface area contributed by atoms with E-state index in [4.69, 9.17) is 0 Å². The van der Waals surface area contributed by atoms with Crippen LogP contribution in [0.25, 0.3) is 0 Å². The van der Waals surface area contributed by atoms with Gasteiger partial charge in [0.15, 0.2) is 0 Å². The zero-order chi connectivity index (χ0) is 13.0. The molecule has 17 heavy (non-hydrogen) atoms. The van der Waals surface area contributed by atoms with Crippen LogP contribution in [-0.4, -0.2) is 47.1 Å². The van der Waals surface area contributed by atoms with Crippen LogP contribution < -0.4 is 5.32 Å². The molecule has 3 unspecified atom stereocenters. The lowest BCUT2D eigenvalue weighted by Crippen LogP contribution is -2.39. The van der Waals surface area contributed by atoms with E-state index in [-0.39, 0.29) is 23.8 Å². The van der Waals surface area contributed by atoms with E-state index >= 15 is 0 Å². The summed E-state index contributed by atoms with van der Waals surface area (Å²) in [7, 11) is 0. The number of amides is 2. The maximum absolute atomic E-state index is 11.9. The summed E-state index contributed by atoms with van der Waals surface area (Å²) in [4.78, 5) is 25.1. The molecule has 0 bridgehead atoms. The first-order chi connectivity index (χ1) is 7.93. The van der Waals surface area contributed by atoms with E-state index in [1.165, 1.54) is 0 Å². The van der Waals surface area contributed by atoms with Crippen LogP contribution in [-0.2, 0) is 9.59 Å². The van der Waals surface area contributed by atoms with Gasteiger partial charge < -0.3 is 15.3 Å². The van der Waals surface area contributed by atoms with E-state index < -0.39 is 6.10 Å². The Balaban J connectivity index is 2.41. The van der Waals surface area contributed by atoms with E-state index in [1.807, 2.05) is 13.8 Å². The highest BCUT2D eigenvalue weighted by Crippen LogP contribution is 2.17. The van der Waals surface area contributed by atoms with Crippen LogP contribution in [0.4, 0.5) is 0 Å². The molecule has 0 radical (unpaired) electrons. The SMILES string of the molecule is CCN1CC(C(=O)NC(C)CC(C)O)CC1=O. The summed E-state index contributed by atoms with van der Waals surface area (Å²) >= 11 is 0. The standard InChI is InChI=1S/C12H22N2O3/c1-4-14-7-10(6-11(14)16)12(17)13-8(2)5-9(3)15/h8-10,15H,4-7H2,1-3H3,(H,13,17). The minimum absolute atomic E-state index is 0.0517. The topological polar surface area (TPSA) is 69.6 Å². The van der Waals surface area contributed by atoms with Gasteiger partial charge in [0.05, 0.1) is 12.0 Å². The Morgan fingerprint density at radius 1 is 1.59 bits per heavy atom. The van der Waals surface area contributed by atoms with Gasteiger partial charge in [-0.05, 0) is 27.2 Å². The van der Waals surface area contributed by atoms with Gasteiger partial charge in [0.1, 0.15) is 0 Å². The third kappa shape index (κ3) is 4.00. The van der Waals surface area contributed by atoms with Crippen molar-refractivity contribution in [2.45, 2.75) is 45.8 Å². The van der Waals surface area contributed by atoms with Crippen LogP contribution in [0.3, 0.4) is 0 Å². The lowest BCUT2D eigenvalue weighted by atomic mass is 10.1. The monoisotopic (exact) mass is 242 g/mol. The Labute approximate surface area is 102 Å². The normalized spacial score (nSPS) is 23.6. The van der Waals surface area contributed by atoms with Gasteiger partial charge in [-0.3, -0.25) is 9.59 Å². The fourth-order valence-corrected chi connectivity index (χ4v) is 2.18. The summed E-state index contributed by atoms with van der Waals surface area (Å²) in [6, 6.07) is -0.0618. The molecule has 0 aromatic rings. The third-order valence-electron chi connectivity index (χ3n) is 3.05. The molecule has 1 heterocycles. The van der Waals surface area contributed by atoms with Crippen molar-refractivity contribution in [2.75, 3.05) is 13.1 Å². The predicted octanol–water partition coefficient (Wildman–Crippen LogP) is 0.130. The number of nitrogens with one attached hydrogen (secondary N) is 1. The molecule has 1 aliphatic heterocycles. The molecule has 1 aliphatic rings. The summed E-state index contributed by atoms with van der Waals surface area (Å²) in [5.74, 6) is -0.267. The fourth-order valence-electron chi connectivity index (χ4n) is 2.18. The number of aliphatic hydroxyl groups excluding tert-OH is 1. The van der Waals surface area contributed by atoms with Gasteiger partial charge in [-0.2, -0.15) is 0 Å². The van der Waals surface area contributed by atoms with E-state index in [9.17, 15) is 14.7 Å². The molecule has 5 nitrogen and oxygen atoms in total. The summed E-state index contributed by atoms with van der Waals surface area (Å²) in [6.07, 6.45) is 0.410. The molecule has 0 aromatic carbocycles. The molecular formula is C12H22N2O3. The number of carbonyl (C=O) groups is 2. The van der Waals surface area contributed by atoms with E-state index in [0.717, 1.165) is 0 Å². The van der Waals surface area contributed by atoms with Crippen molar-refractivity contribution in [1.29, 1.82) is 0 Å². The van der Waals surface area contributed by atoms with Crippen molar-refractivity contribution >= 4 is 11.8 Å². The van der Waals surface area contributed by atoms with Gasteiger partial charge in [0, 0.05) is 25.6 Å². The fraction of sp³-hybridized carbons (Fsp3) is 0.833. The van der Waals surface area contributed by atoms with Crippen molar-refractivity contribution in [3.05, 3.63) is 0 Å². The zero-order valence-corrected chi connectivity index (χ0v) is 10.8. The minimum atomic E-state index is -0.428. The molecule has 0 aliphatic carbocycles. The highest BCUT2D eigenvalue weighted by atomic mass is 16.3. The van der Waals surface area contributed by atoms with Crippen molar-refractivity contribution in [3.8, 4) is 0 Å². The Morgan fingerprint density at radius 3 is 2.71 bits per heavy atom. The number of aliphatic hydroxyl groups is 1. The molecule has 0 spiro atoms. The number of nitrogens with zero attached hydrogens (tertiary/aromatic N) is 1. The highest BCUT2D eigenvalue weighted by molar-refractivity contribution is 5.89. The second kappa shape index (κ2) is 6.00. The van der Waals surface area contributed by atoms with Gasteiger partial charge in [-0.15, -0.1) is 0 Å². The summed E-state index contributed by atoms with van der Waals surface area (Å²) < 4.78 is 0. The molecule has 2 amide bonds. The largest absolute Gasteiger partial charge is 0.393 e. The van der Waals surface area contributed by atoms with Crippen LogP contribution >= 0.6 is 0 Å². The number of likely N-dealkylation sites (tertiary alicyclic amines) is 1. The molecule has 5 heteroatoms. The predicted molar refractivity (Wildman–Crippen MR) is 64.3 cm³/mol. The summed E-state index contributed by atoms with van der Waals surface area (Å²) in [5.41, 5.74) is 0. The molecule has 0 aromatic heterocycles. The Bertz CT molecular complexity index is 291. The number of hydrogen-bond donors (Lipinski definition) is 2. The Morgan fingerprint density at radius 2 is 2.24 bits per heavy atom. The van der Waals surface area contributed by atoms with Crippen molar-refractivity contribution < 1.29 is 14.7 Å². The summed E-state index contributed by atoms with van der Waals surface area (Å²) in [5, 5.41) is 12.1. The molecular weight excluding hydrogens is 220 g/mol. The number of carbonyl (C=O) groups excluding carboxylic acids is 2. The van der Waals surface area contributed by atoms with E-state index in [2.05, 4.69) is 5.32 Å². The van der Waals surface area contributed by atoms with Crippen LogP contribution in [0.5, 0.6) is 0 Å². The van der Waals surface area contributed by atoms with Gasteiger partial charge >= 0.3 is 0 Å².